The van der Waals surface area contributed by atoms with Crippen LogP contribution >= 0.6 is 0 Å². The number of rotatable bonds is 6. The second-order valence-electron chi connectivity index (χ2n) is 4.72. The summed E-state index contributed by atoms with van der Waals surface area (Å²) in [4.78, 5) is 0. The fourth-order valence-corrected chi connectivity index (χ4v) is 2.14. The predicted octanol–water partition coefficient (Wildman–Crippen LogP) is 3.55. The first-order chi connectivity index (χ1) is 9.31. The Hall–Kier alpha value is -1.64. The van der Waals surface area contributed by atoms with Crippen molar-refractivity contribution in [2.45, 2.75) is 25.4 Å². The maximum atomic E-state index is 10.0. The zero-order valence-electron chi connectivity index (χ0n) is 11.0. The average molecular weight is 256 g/mol. The van der Waals surface area contributed by atoms with E-state index < -0.39 is 6.10 Å². The standard InChI is InChI=1S/C17H20O2/c18-13-5-4-8-17(19)16-11-9-15(10-12-16)14-6-2-1-3-7-14/h1-3,6-7,9-12,17-19H,4-5,8,13H2. The van der Waals surface area contributed by atoms with Crippen LogP contribution in [-0.4, -0.2) is 16.8 Å². The van der Waals surface area contributed by atoms with Crippen LogP contribution in [0.15, 0.2) is 54.6 Å². The van der Waals surface area contributed by atoms with Crippen molar-refractivity contribution in [3.05, 3.63) is 60.2 Å². The lowest BCUT2D eigenvalue weighted by molar-refractivity contribution is 0.159. The molecule has 0 aliphatic carbocycles. The Labute approximate surface area is 114 Å². The minimum atomic E-state index is -0.434. The number of aliphatic hydroxyl groups excluding tert-OH is 2. The van der Waals surface area contributed by atoms with Crippen LogP contribution in [0.4, 0.5) is 0 Å². The van der Waals surface area contributed by atoms with Crippen molar-refractivity contribution < 1.29 is 10.2 Å². The molecule has 0 aromatic heterocycles. The topological polar surface area (TPSA) is 40.5 Å². The number of hydrogen-bond donors (Lipinski definition) is 2. The quantitative estimate of drug-likeness (QED) is 0.776. The average Bonchev–Trinajstić information content (AvgIpc) is 2.48. The van der Waals surface area contributed by atoms with Crippen molar-refractivity contribution >= 4 is 0 Å². The first-order valence-corrected chi connectivity index (χ1v) is 6.75. The van der Waals surface area contributed by atoms with Crippen LogP contribution in [0.3, 0.4) is 0 Å². The van der Waals surface area contributed by atoms with Gasteiger partial charge in [0.05, 0.1) is 6.10 Å². The van der Waals surface area contributed by atoms with Crippen molar-refractivity contribution in [3.8, 4) is 11.1 Å². The van der Waals surface area contributed by atoms with Crippen LogP contribution in [0.5, 0.6) is 0 Å². The van der Waals surface area contributed by atoms with Crippen molar-refractivity contribution in [1.82, 2.24) is 0 Å². The number of hydrogen-bond acceptors (Lipinski definition) is 2. The Morgan fingerprint density at radius 3 is 2.05 bits per heavy atom. The molecule has 2 heteroatoms. The predicted molar refractivity (Wildman–Crippen MR) is 77.8 cm³/mol. The highest BCUT2D eigenvalue weighted by Crippen LogP contribution is 2.24. The molecule has 2 rings (SSSR count). The van der Waals surface area contributed by atoms with Gasteiger partial charge in [0.25, 0.3) is 0 Å². The second kappa shape index (κ2) is 7.07. The first-order valence-electron chi connectivity index (χ1n) is 6.75. The summed E-state index contributed by atoms with van der Waals surface area (Å²) in [6.07, 6.45) is 1.86. The van der Waals surface area contributed by atoms with E-state index in [2.05, 4.69) is 12.1 Å². The second-order valence-corrected chi connectivity index (χ2v) is 4.72. The van der Waals surface area contributed by atoms with Gasteiger partial charge in [0.2, 0.25) is 0 Å². The Balaban J connectivity index is 2.02. The Morgan fingerprint density at radius 2 is 1.42 bits per heavy atom. The Kier molecular flexibility index (Phi) is 5.13. The fraction of sp³-hybridized carbons (Fsp3) is 0.294. The molecular weight excluding hydrogens is 236 g/mol. The maximum absolute atomic E-state index is 10.0. The number of benzene rings is 2. The van der Waals surface area contributed by atoms with Crippen molar-refractivity contribution in [1.29, 1.82) is 0 Å². The van der Waals surface area contributed by atoms with Gasteiger partial charge in [-0.1, -0.05) is 54.6 Å². The Morgan fingerprint density at radius 1 is 0.789 bits per heavy atom. The molecule has 19 heavy (non-hydrogen) atoms. The van der Waals surface area contributed by atoms with Crippen LogP contribution < -0.4 is 0 Å². The fourth-order valence-electron chi connectivity index (χ4n) is 2.14. The van der Waals surface area contributed by atoms with E-state index in [9.17, 15) is 5.11 Å². The molecule has 0 saturated carbocycles. The van der Waals surface area contributed by atoms with E-state index in [1.165, 1.54) is 5.56 Å². The lowest BCUT2D eigenvalue weighted by Gasteiger charge is -2.11. The van der Waals surface area contributed by atoms with E-state index in [0.717, 1.165) is 24.0 Å². The van der Waals surface area contributed by atoms with Crippen molar-refractivity contribution in [2.75, 3.05) is 6.61 Å². The highest BCUT2D eigenvalue weighted by Gasteiger charge is 2.07. The number of aliphatic hydroxyl groups is 2. The highest BCUT2D eigenvalue weighted by molar-refractivity contribution is 5.63. The van der Waals surface area contributed by atoms with Crippen LogP contribution in [0.2, 0.25) is 0 Å². The van der Waals surface area contributed by atoms with Crippen LogP contribution in [0.25, 0.3) is 11.1 Å². The summed E-state index contributed by atoms with van der Waals surface area (Å²) < 4.78 is 0. The normalized spacial score (nSPS) is 12.3. The van der Waals surface area contributed by atoms with E-state index in [0.29, 0.717) is 6.42 Å². The summed E-state index contributed by atoms with van der Waals surface area (Å²) in [7, 11) is 0. The number of unbranched alkanes of at least 4 members (excludes halogenated alkanes) is 1. The first kappa shape index (κ1) is 13.8. The van der Waals surface area contributed by atoms with Crippen LogP contribution in [0.1, 0.15) is 30.9 Å². The van der Waals surface area contributed by atoms with E-state index in [-0.39, 0.29) is 6.61 Å². The molecule has 1 unspecified atom stereocenters. The minimum Gasteiger partial charge on any atom is -0.396 e. The van der Waals surface area contributed by atoms with Gasteiger partial charge in [-0.3, -0.25) is 0 Å². The largest absolute Gasteiger partial charge is 0.396 e. The van der Waals surface area contributed by atoms with Crippen LogP contribution in [0, 0.1) is 0 Å². The Bertz CT molecular complexity index is 476. The van der Waals surface area contributed by atoms with Crippen molar-refractivity contribution in [3.63, 3.8) is 0 Å². The van der Waals surface area contributed by atoms with Gasteiger partial charge in [0.1, 0.15) is 0 Å². The molecule has 0 aliphatic rings. The van der Waals surface area contributed by atoms with Gasteiger partial charge < -0.3 is 10.2 Å². The molecule has 0 fully saturated rings. The molecule has 2 aromatic rings. The van der Waals surface area contributed by atoms with E-state index >= 15 is 0 Å². The summed E-state index contributed by atoms with van der Waals surface area (Å²) in [5.74, 6) is 0. The van der Waals surface area contributed by atoms with E-state index in [1.54, 1.807) is 0 Å². The smallest absolute Gasteiger partial charge is 0.0790 e. The lowest BCUT2D eigenvalue weighted by Crippen LogP contribution is -1.98. The summed E-state index contributed by atoms with van der Waals surface area (Å²) >= 11 is 0. The molecule has 100 valence electrons. The SMILES string of the molecule is OCCCCC(O)c1ccc(-c2ccccc2)cc1. The lowest BCUT2D eigenvalue weighted by atomic mass is 9.99. The van der Waals surface area contributed by atoms with Crippen LogP contribution in [-0.2, 0) is 0 Å². The molecule has 2 aromatic carbocycles. The summed E-state index contributed by atoms with van der Waals surface area (Å²) in [6, 6.07) is 18.2. The molecule has 2 nitrogen and oxygen atoms in total. The van der Waals surface area contributed by atoms with Gasteiger partial charge in [-0.05, 0) is 36.0 Å². The van der Waals surface area contributed by atoms with Gasteiger partial charge in [-0.25, -0.2) is 0 Å². The molecule has 0 amide bonds. The zero-order chi connectivity index (χ0) is 13.5. The summed E-state index contributed by atoms with van der Waals surface area (Å²) in [5.41, 5.74) is 3.29. The zero-order valence-corrected chi connectivity index (χ0v) is 11.0. The summed E-state index contributed by atoms with van der Waals surface area (Å²) in [5, 5.41) is 18.8. The molecule has 0 saturated heterocycles. The van der Waals surface area contributed by atoms with E-state index in [1.807, 2.05) is 42.5 Å². The maximum Gasteiger partial charge on any atom is 0.0790 e. The third kappa shape index (κ3) is 3.91. The monoisotopic (exact) mass is 256 g/mol. The van der Waals surface area contributed by atoms with Crippen molar-refractivity contribution in [2.24, 2.45) is 0 Å². The molecule has 0 spiro atoms. The minimum absolute atomic E-state index is 0.194. The highest BCUT2D eigenvalue weighted by atomic mass is 16.3. The molecule has 0 heterocycles. The third-order valence-electron chi connectivity index (χ3n) is 3.29. The van der Waals surface area contributed by atoms with Gasteiger partial charge >= 0.3 is 0 Å². The third-order valence-corrected chi connectivity index (χ3v) is 3.29. The molecule has 2 N–H and O–H groups in total. The summed E-state index contributed by atoms with van der Waals surface area (Å²) in [6.45, 7) is 0.194. The van der Waals surface area contributed by atoms with Gasteiger partial charge in [-0.15, -0.1) is 0 Å². The van der Waals surface area contributed by atoms with Gasteiger partial charge in [0, 0.05) is 6.61 Å². The molecular formula is C17H20O2. The molecule has 1 atom stereocenters. The van der Waals surface area contributed by atoms with Gasteiger partial charge in [-0.2, -0.15) is 0 Å². The molecule has 0 radical (unpaired) electrons. The molecule has 0 bridgehead atoms. The van der Waals surface area contributed by atoms with E-state index in [4.69, 9.17) is 5.11 Å². The van der Waals surface area contributed by atoms with Gasteiger partial charge in [0.15, 0.2) is 0 Å². The molecule has 0 aliphatic heterocycles.